The molecule has 39 heavy (non-hydrogen) atoms. The summed E-state index contributed by atoms with van der Waals surface area (Å²) in [6.07, 6.45) is -5.05. The summed E-state index contributed by atoms with van der Waals surface area (Å²) >= 11 is 0. The van der Waals surface area contributed by atoms with Crippen LogP contribution in [0, 0.1) is 0 Å². The maximum absolute atomic E-state index is 13.4. The summed E-state index contributed by atoms with van der Waals surface area (Å²) in [5, 5.41) is 46.7. The highest BCUT2D eigenvalue weighted by atomic mass is 16.7. The first-order chi connectivity index (χ1) is 18.5. The Morgan fingerprint density at radius 1 is 1.15 bits per heavy atom. The van der Waals surface area contributed by atoms with Crippen molar-refractivity contribution in [2.24, 2.45) is 5.73 Å². The number of ether oxygens (including phenoxy) is 3. The smallest absolute Gasteiger partial charge is 0.406 e. The third-order valence-electron chi connectivity index (χ3n) is 7.60. The van der Waals surface area contributed by atoms with Crippen LogP contribution in [0.15, 0.2) is 24.3 Å². The Hall–Kier alpha value is -3.55. The third kappa shape index (κ3) is 4.53. The summed E-state index contributed by atoms with van der Waals surface area (Å²) in [6, 6.07) is 5.39. The number of amides is 1. The highest BCUT2D eigenvalue weighted by Gasteiger charge is 2.48. The van der Waals surface area contributed by atoms with Crippen molar-refractivity contribution in [3.05, 3.63) is 57.6 Å². The van der Waals surface area contributed by atoms with Gasteiger partial charge in [-0.15, -0.1) is 0 Å². The number of hydrogen-bond donors (Lipinski definition) is 6. The predicted molar refractivity (Wildman–Crippen MR) is 134 cm³/mol. The van der Waals surface area contributed by atoms with E-state index in [1.165, 1.54) is 19.2 Å². The molecule has 6 atom stereocenters. The number of alkyl carbamates (subject to hydrolysis) is 1. The Morgan fingerprint density at radius 3 is 2.36 bits per heavy atom. The van der Waals surface area contributed by atoms with Crippen LogP contribution in [0.25, 0.3) is 0 Å². The van der Waals surface area contributed by atoms with Crippen LogP contribution in [-0.2, 0) is 20.6 Å². The summed E-state index contributed by atoms with van der Waals surface area (Å²) in [7, 11) is 1.35. The number of nitrogens with one attached hydrogen (secondary N) is 1. The van der Waals surface area contributed by atoms with Gasteiger partial charge in [0.2, 0.25) is 0 Å². The van der Waals surface area contributed by atoms with Crippen molar-refractivity contribution in [1.82, 2.24) is 5.32 Å². The molecule has 1 amide bonds. The number of ketones is 2. The number of aliphatic hydroxyl groups excluding tert-OH is 1. The molecule has 1 heterocycles. The van der Waals surface area contributed by atoms with Crippen molar-refractivity contribution >= 4 is 17.7 Å². The molecule has 1 aliphatic heterocycles. The van der Waals surface area contributed by atoms with Crippen LogP contribution in [0.3, 0.4) is 0 Å². The number of hydrogen-bond acceptors (Lipinski definition) is 11. The van der Waals surface area contributed by atoms with Gasteiger partial charge in [-0.1, -0.05) is 24.3 Å². The summed E-state index contributed by atoms with van der Waals surface area (Å²) in [4.78, 5) is 38.5. The Labute approximate surface area is 223 Å². The lowest BCUT2D eigenvalue weighted by Crippen LogP contribution is -2.52. The summed E-state index contributed by atoms with van der Waals surface area (Å²) in [5.74, 6) is -2.44. The maximum atomic E-state index is 13.4. The molecule has 0 unspecified atom stereocenters. The predicted octanol–water partition coefficient (Wildman–Crippen LogP) is 0.787. The minimum absolute atomic E-state index is 0.00680. The molecule has 5 rings (SSSR count). The molecule has 2 aromatic carbocycles. The van der Waals surface area contributed by atoms with Crippen molar-refractivity contribution in [1.29, 1.82) is 0 Å². The zero-order valence-electron chi connectivity index (χ0n) is 21.3. The quantitative estimate of drug-likeness (QED) is 0.255. The second kappa shape index (κ2) is 9.88. The van der Waals surface area contributed by atoms with Gasteiger partial charge >= 0.3 is 6.09 Å². The van der Waals surface area contributed by atoms with E-state index in [4.69, 9.17) is 19.9 Å². The molecule has 2 aliphatic carbocycles. The molecule has 0 bridgehead atoms. The minimum Gasteiger partial charge on any atom is -0.507 e. The van der Waals surface area contributed by atoms with E-state index in [0.29, 0.717) is 0 Å². The van der Waals surface area contributed by atoms with Crippen LogP contribution in [0.1, 0.15) is 68.8 Å². The van der Waals surface area contributed by atoms with Crippen molar-refractivity contribution in [2.45, 2.75) is 62.4 Å². The fraction of sp³-hybridized carbons (Fsp3) is 0.444. The summed E-state index contributed by atoms with van der Waals surface area (Å²) < 4.78 is 17.0. The molecule has 2 aromatic rings. The Kier molecular flexibility index (Phi) is 6.85. The lowest BCUT2D eigenvalue weighted by Gasteiger charge is -2.42. The van der Waals surface area contributed by atoms with Crippen molar-refractivity contribution in [2.75, 3.05) is 13.7 Å². The number of nitrogens with two attached hydrogens (primary N) is 1. The lowest BCUT2D eigenvalue weighted by molar-refractivity contribution is -0.248. The monoisotopic (exact) mass is 542 g/mol. The van der Waals surface area contributed by atoms with E-state index in [1.807, 2.05) is 0 Å². The van der Waals surface area contributed by atoms with Gasteiger partial charge in [0.15, 0.2) is 17.9 Å². The molecule has 208 valence electrons. The molecule has 3 aliphatic rings. The molecule has 1 fully saturated rings. The topological polar surface area (TPSA) is 198 Å². The van der Waals surface area contributed by atoms with Gasteiger partial charge < -0.3 is 45.7 Å². The average Bonchev–Trinajstić information content (AvgIpc) is 2.90. The van der Waals surface area contributed by atoms with Crippen molar-refractivity contribution < 1.29 is 49.0 Å². The number of aromatic hydroxyl groups is 2. The van der Waals surface area contributed by atoms with E-state index in [2.05, 4.69) is 5.32 Å². The molecule has 1 saturated heterocycles. The van der Waals surface area contributed by atoms with E-state index in [-0.39, 0.29) is 52.6 Å². The zero-order valence-corrected chi connectivity index (χ0v) is 21.3. The largest absolute Gasteiger partial charge is 0.507 e. The number of rotatable bonds is 4. The van der Waals surface area contributed by atoms with E-state index < -0.39 is 72.0 Å². The summed E-state index contributed by atoms with van der Waals surface area (Å²) in [6.45, 7) is 1.11. The average molecular weight is 543 g/mol. The lowest BCUT2D eigenvalue weighted by atomic mass is 9.73. The third-order valence-corrected chi connectivity index (χ3v) is 7.60. The molecule has 0 saturated carbocycles. The van der Waals surface area contributed by atoms with E-state index in [1.54, 1.807) is 19.1 Å². The molecular weight excluding hydrogens is 512 g/mol. The first-order valence-electron chi connectivity index (χ1n) is 12.6. The number of phenolic OH excluding ortho intramolecular Hbond substituents is 2. The number of benzene rings is 2. The Morgan fingerprint density at radius 2 is 1.77 bits per heavy atom. The molecule has 0 radical (unpaired) electrons. The Bertz CT molecular complexity index is 1350. The second-order valence-corrected chi connectivity index (χ2v) is 10.3. The number of fused-ring (bicyclic) bond motifs is 3. The number of carbonyl (C=O) groups is 3. The number of aliphatic hydroxyl groups is 2. The maximum Gasteiger partial charge on any atom is 0.406 e. The van der Waals surface area contributed by atoms with E-state index in [9.17, 15) is 34.8 Å². The standard InChI is InChI=1S/C27H30N2O10/c1-11-21(30)15(28)7-17(38-11)39-16-9-27(36,10-37-26(35)29-2)8-14-18(16)25(34)20-19(24(14)33)22(31)12-5-3-4-6-13(12)23(20)32/h3-6,11,15-17,21,30,33-34,36H,7-10,28H2,1-2H3,(H,29,35)/t11-,15-,16-,17-,21+,27-/m0/s1. The molecule has 12 heteroatoms. The molecule has 7 N–H and O–H groups in total. The molecule has 0 aromatic heterocycles. The number of carbonyl (C=O) groups excluding carboxylic acids is 3. The highest BCUT2D eigenvalue weighted by Crippen LogP contribution is 2.51. The highest BCUT2D eigenvalue weighted by molar-refractivity contribution is 6.30. The molecule has 0 spiro atoms. The first kappa shape index (κ1) is 27.0. The minimum atomic E-state index is -1.79. The van der Waals surface area contributed by atoms with E-state index >= 15 is 0 Å². The fourth-order valence-electron chi connectivity index (χ4n) is 5.61. The van der Waals surface area contributed by atoms with Gasteiger partial charge in [0, 0.05) is 54.6 Å². The van der Waals surface area contributed by atoms with Crippen LogP contribution in [-0.4, -0.2) is 81.9 Å². The zero-order chi connectivity index (χ0) is 28.2. The van der Waals surface area contributed by atoms with Crippen molar-refractivity contribution in [3.63, 3.8) is 0 Å². The van der Waals surface area contributed by atoms with Gasteiger partial charge in [0.25, 0.3) is 0 Å². The van der Waals surface area contributed by atoms with Gasteiger partial charge in [0.05, 0.1) is 29.4 Å². The van der Waals surface area contributed by atoms with Gasteiger partial charge in [0.1, 0.15) is 23.7 Å². The number of phenols is 2. The second-order valence-electron chi connectivity index (χ2n) is 10.3. The molecule has 12 nitrogen and oxygen atoms in total. The van der Waals surface area contributed by atoms with Gasteiger partial charge in [-0.3, -0.25) is 9.59 Å². The van der Waals surface area contributed by atoms with Crippen LogP contribution in [0.5, 0.6) is 11.5 Å². The first-order valence-corrected chi connectivity index (χ1v) is 12.6. The fourth-order valence-corrected chi connectivity index (χ4v) is 5.61. The van der Waals surface area contributed by atoms with Crippen molar-refractivity contribution in [3.8, 4) is 11.5 Å². The Balaban J connectivity index is 1.62. The summed E-state index contributed by atoms with van der Waals surface area (Å²) in [5.41, 5.74) is 3.64. The normalized spacial score (nSPS) is 29.7. The van der Waals surface area contributed by atoms with Crippen LogP contribution in [0.4, 0.5) is 4.79 Å². The van der Waals surface area contributed by atoms with Gasteiger partial charge in [-0.05, 0) is 6.92 Å². The van der Waals surface area contributed by atoms with Crippen LogP contribution in [0.2, 0.25) is 0 Å². The van der Waals surface area contributed by atoms with E-state index in [0.717, 1.165) is 0 Å². The molecular formula is C27H30N2O10. The van der Waals surface area contributed by atoms with Gasteiger partial charge in [-0.25, -0.2) is 4.79 Å². The van der Waals surface area contributed by atoms with Crippen LogP contribution >= 0.6 is 0 Å². The van der Waals surface area contributed by atoms with Gasteiger partial charge in [-0.2, -0.15) is 0 Å². The van der Waals surface area contributed by atoms with Crippen LogP contribution < -0.4 is 11.1 Å². The SMILES string of the molecule is CNC(=O)OC[C@]1(O)Cc2c(O)c3c(c(O)c2[C@@H](O[C@H]2C[C@H](N)[C@H](O)[C@H](C)O2)C1)C(=O)c1ccccc1C3=O.